The Labute approximate surface area is 254 Å². The third-order valence-corrected chi connectivity index (χ3v) is 11.4. The van der Waals surface area contributed by atoms with Crippen molar-refractivity contribution in [3.8, 4) is 0 Å². The molecule has 3 fully saturated rings. The van der Waals surface area contributed by atoms with E-state index < -0.39 is 36.2 Å². The monoisotopic (exact) mass is 594 g/mol. The lowest BCUT2D eigenvalue weighted by Crippen LogP contribution is -2.57. The zero-order chi connectivity index (χ0) is 31.0. The standard InChI is InChI=1S/C34H46N2O7/c1-5-42-31(40)29(30(39)22-9-7-6-8-10-22)35-28(38)20-43-36-24-13-16-32(3)23(19-24)11-12-25-26(32)14-17-33(4)27(25)15-18-34(33,41)21(2)37/h6-10,19,25-27,29-30,39,41H,5,11-18,20H2,1-4H3,(H,35,38)/t25-,26+,27-,29-,30-,32-,33-,34+/m1/s1. The largest absolute Gasteiger partial charge is 0.464 e. The van der Waals surface area contributed by atoms with Gasteiger partial charge in [-0.3, -0.25) is 9.59 Å². The summed E-state index contributed by atoms with van der Waals surface area (Å²) < 4.78 is 5.08. The molecule has 0 spiro atoms. The number of nitrogens with one attached hydrogen (secondary N) is 1. The van der Waals surface area contributed by atoms with E-state index in [1.54, 1.807) is 44.2 Å². The number of aliphatic hydroxyl groups is 2. The van der Waals surface area contributed by atoms with Gasteiger partial charge in [0.1, 0.15) is 11.7 Å². The number of esters is 1. The molecule has 1 amide bonds. The predicted octanol–water partition coefficient (Wildman–Crippen LogP) is 4.42. The highest BCUT2D eigenvalue weighted by Gasteiger charge is 2.65. The number of amides is 1. The molecule has 0 unspecified atom stereocenters. The van der Waals surface area contributed by atoms with Gasteiger partial charge in [0.05, 0.1) is 12.3 Å². The molecule has 0 saturated heterocycles. The van der Waals surface area contributed by atoms with Crippen molar-refractivity contribution in [3.63, 3.8) is 0 Å². The summed E-state index contributed by atoms with van der Waals surface area (Å²) in [5, 5.41) is 29.0. The van der Waals surface area contributed by atoms with E-state index in [-0.39, 0.29) is 23.2 Å². The van der Waals surface area contributed by atoms with Gasteiger partial charge in [-0.25, -0.2) is 4.79 Å². The van der Waals surface area contributed by atoms with Gasteiger partial charge in [-0.05, 0) is 100 Å². The molecular weight excluding hydrogens is 548 g/mol. The molecule has 43 heavy (non-hydrogen) atoms. The molecule has 0 aliphatic heterocycles. The number of allylic oxidation sites excluding steroid dienone is 2. The number of carbonyl (C=O) groups is 3. The molecule has 9 nitrogen and oxygen atoms in total. The van der Waals surface area contributed by atoms with Gasteiger partial charge in [-0.2, -0.15) is 0 Å². The van der Waals surface area contributed by atoms with E-state index in [1.807, 2.05) is 0 Å². The maximum atomic E-state index is 12.7. The fourth-order valence-electron chi connectivity index (χ4n) is 8.97. The van der Waals surface area contributed by atoms with E-state index in [2.05, 4.69) is 30.4 Å². The van der Waals surface area contributed by atoms with Crippen LogP contribution >= 0.6 is 0 Å². The van der Waals surface area contributed by atoms with E-state index in [4.69, 9.17) is 9.57 Å². The van der Waals surface area contributed by atoms with Crippen molar-refractivity contribution in [2.24, 2.45) is 33.7 Å². The number of Topliss-reactive ketones (excluding diaryl/α,β-unsaturated/α-hetero) is 1. The van der Waals surface area contributed by atoms with E-state index in [1.165, 1.54) is 5.57 Å². The Balaban J connectivity index is 1.22. The lowest BCUT2D eigenvalue weighted by Gasteiger charge is -2.59. The van der Waals surface area contributed by atoms with Gasteiger partial charge >= 0.3 is 5.97 Å². The average molecular weight is 595 g/mol. The van der Waals surface area contributed by atoms with Crippen LogP contribution in [-0.4, -0.2) is 58.4 Å². The average Bonchev–Trinajstić information content (AvgIpc) is 3.27. The van der Waals surface area contributed by atoms with Crippen LogP contribution < -0.4 is 5.32 Å². The van der Waals surface area contributed by atoms with Gasteiger partial charge in [0.15, 0.2) is 18.4 Å². The Morgan fingerprint density at radius 1 is 1.05 bits per heavy atom. The first-order valence-electron chi connectivity index (χ1n) is 15.8. The molecular formula is C34H46N2O7. The Hall–Kier alpha value is -3.04. The first-order valence-corrected chi connectivity index (χ1v) is 15.8. The quantitative estimate of drug-likeness (QED) is 0.285. The summed E-state index contributed by atoms with van der Waals surface area (Å²) in [6.07, 6.45) is 7.84. The van der Waals surface area contributed by atoms with Gasteiger partial charge in [0.2, 0.25) is 0 Å². The maximum absolute atomic E-state index is 12.7. The van der Waals surface area contributed by atoms with Gasteiger partial charge in [-0.15, -0.1) is 0 Å². The van der Waals surface area contributed by atoms with E-state index in [0.717, 1.165) is 50.7 Å². The highest BCUT2D eigenvalue weighted by molar-refractivity contribution is 5.96. The minimum absolute atomic E-state index is 0.0397. The Morgan fingerprint density at radius 2 is 1.77 bits per heavy atom. The molecule has 3 N–H and O–H groups in total. The fourth-order valence-corrected chi connectivity index (χ4v) is 8.97. The number of rotatable bonds is 9. The molecule has 1 aromatic rings. The first kappa shape index (κ1) is 31.4. The van der Waals surface area contributed by atoms with Crippen molar-refractivity contribution in [1.29, 1.82) is 0 Å². The van der Waals surface area contributed by atoms with Crippen molar-refractivity contribution < 1.29 is 34.2 Å². The summed E-state index contributed by atoms with van der Waals surface area (Å²) in [5.41, 5.74) is 1.13. The molecule has 234 valence electrons. The summed E-state index contributed by atoms with van der Waals surface area (Å²) in [7, 11) is 0. The molecule has 9 heteroatoms. The number of benzene rings is 1. The summed E-state index contributed by atoms with van der Waals surface area (Å²) in [5.74, 6) is -0.0466. The molecule has 8 atom stereocenters. The molecule has 4 aliphatic rings. The second kappa shape index (κ2) is 12.2. The highest BCUT2D eigenvalue weighted by Crippen LogP contribution is 2.67. The summed E-state index contributed by atoms with van der Waals surface area (Å²) >= 11 is 0. The van der Waals surface area contributed by atoms with Crippen molar-refractivity contribution in [2.45, 2.75) is 96.8 Å². The van der Waals surface area contributed by atoms with Crippen LogP contribution in [0.4, 0.5) is 0 Å². The van der Waals surface area contributed by atoms with Crippen LogP contribution in [0.25, 0.3) is 0 Å². The first-order chi connectivity index (χ1) is 20.4. The molecule has 4 aliphatic carbocycles. The number of ether oxygens (including phenoxy) is 1. The predicted molar refractivity (Wildman–Crippen MR) is 161 cm³/mol. The number of aliphatic hydroxyl groups excluding tert-OH is 1. The Kier molecular flexibility index (Phi) is 8.87. The normalized spacial score (nSPS) is 35.4. The smallest absolute Gasteiger partial charge is 0.331 e. The third kappa shape index (κ3) is 5.55. The van der Waals surface area contributed by atoms with Gasteiger partial charge in [0.25, 0.3) is 5.91 Å². The van der Waals surface area contributed by atoms with Crippen LogP contribution in [-0.2, 0) is 24.0 Å². The molecule has 0 heterocycles. The van der Waals surface area contributed by atoms with Crippen LogP contribution in [0.5, 0.6) is 0 Å². The molecule has 1 aromatic carbocycles. The lowest BCUT2D eigenvalue weighted by molar-refractivity contribution is -0.159. The number of fused-ring (bicyclic) bond motifs is 5. The second-order valence-electron chi connectivity index (χ2n) is 13.4. The van der Waals surface area contributed by atoms with Crippen LogP contribution in [0.1, 0.15) is 90.7 Å². The Bertz CT molecular complexity index is 1290. The topological polar surface area (TPSA) is 135 Å². The van der Waals surface area contributed by atoms with E-state index >= 15 is 0 Å². The molecule has 3 saturated carbocycles. The van der Waals surface area contributed by atoms with Crippen LogP contribution in [0.3, 0.4) is 0 Å². The highest BCUT2D eigenvalue weighted by atomic mass is 16.6. The van der Waals surface area contributed by atoms with E-state index in [0.29, 0.717) is 29.7 Å². The van der Waals surface area contributed by atoms with Crippen LogP contribution in [0.2, 0.25) is 0 Å². The SMILES string of the molecule is CCOC(=O)[C@H](NC(=O)CON=C1C=C2CC[C@H]3[C@H]4CC[C@](O)(C(C)=O)[C@]4(C)CC[C@@H]3[C@]2(C)CC1)[C@H](O)c1ccccc1. The molecule has 0 radical (unpaired) electrons. The van der Waals surface area contributed by atoms with Crippen molar-refractivity contribution in [1.82, 2.24) is 5.32 Å². The number of oxime groups is 1. The van der Waals surface area contributed by atoms with Gasteiger partial charge < -0.3 is 25.1 Å². The van der Waals surface area contributed by atoms with Gasteiger partial charge in [-0.1, -0.05) is 54.9 Å². The Morgan fingerprint density at radius 3 is 2.47 bits per heavy atom. The molecule has 0 bridgehead atoms. The minimum Gasteiger partial charge on any atom is -0.464 e. The summed E-state index contributed by atoms with van der Waals surface area (Å²) in [4.78, 5) is 43.2. The zero-order valence-corrected chi connectivity index (χ0v) is 25.8. The number of ketones is 1. The maximum Gasteiger partial charge on any atom is 0.331 e. The minimum atomic E-state index is -1.28. The van der Waals surface area contributed by atoms with Crippen LogP contribution in [0, 0.1) is 28.6 Å². The van der Waals surface area contributed by atoms with E-state index in [9.17, 15) is 24.6 Å². The van der Waals surface area contributed by atoms with Crippen molar-refractivity contribution >= 4 is 23.4 Å². The molecule has 5 rings (SSSR count). The summed E-state index contributed by atoms with van der Waals surface area (Å²) in [6, 6.07) is 7.36. The second-order valence-corrected chi connectivity index (χ2v) is 13.4. The zero-order valence-electron chi connectivity index (χ0n) is 25.8. The number of hydrogen-bond acceptors (Lipinski definition) is 8. The van der Waals surface area contributed by atoms with Gasteiger partial charge in [0, 0.05) is 5.41 Å². The third-order valence-electron chi connectivity index (χ3n) is 11.4. The van der Waals surface area contributed by atoms with Crippen molar-refractivity contribution in [2.75, 3.05) is 13.2 Å². The fraction of sp³-hybridized carbons (Fsp3) is 0.647. The number of carbonyl (C=O) groups excluding carboxylic acids is 3. The van der Waals surface area contributed by atoms with Crippen LogP contribution in [0.15, 0.2) is 47.1 Å². The van der Waals surface area contributed by atoms with Crippen molar-refractivity contribution in [3.05, 3.63) is 47.5 Å². The lowest BCUT2D eigenvalue weighted by atomic mass is 9.46. The number of hydrogen-bond donors (Lipinski definition) is 3. The number of nitrogens with zero attached hydrogens (tertiary/aromatic N) is 1. The summed E-state index contributed by atoms with van der Waals surface area (Å²) in [6.45, 7) is 7.44. The molecule has 0 aromatic heterocycles.